The number of rotatable bonds is 8. The van der Waals surface area contributed by atoms with Crippen molar-refractivity contribution in [1.29, 1.82) is 0 Å². The third kappa shape index (κ3) is 5.07. The maximum atomic E-state index is 13.6. The van der Waals surface area contributed by atoms with Crippen molar-refractivity contribution < 1.29 is 8.78 Å². The van der Waals surface area contributed by atoms with Crippen LogP contribution in [-0.4, -0.2) is 11.1 Å². The molecule has 0 aromatic heterocycles. The van der Waals surface area contributed by atoms with Gasteiger partial charge in [-0.3, -0.25) is 0 Å². The van der Waals surface area contributed by atoms with Crippen molar-refractivity contribution in [3.05, 3.63) is 29.8 Å². The lowest BCUT2D eigenvalue weighted by Crippen LogP contribution is -2.25. The van der Waals surface area contributed by atoms with Crippen LogP contribution in [0.3, 0.4) is 0 Å². The Morgan fingerprint density at radius 2 is 1.79 bits per heavy atom. The summed E-state index contributed by atoms with van der Waals surface area (Å²) in [5, 5.41) is 0.908. The molecule has 1 aromatic rings. The van der Waals surface area contributed by atoms with Gasteiger partial charge >= 0.3 is 0 Å². The lowest BCUT2D eigenvalue weighted by atomic mass is 9.83. The number of hydrogen-bond donors (Lipinski definition) is 0. The van der Waals surface area contributed by atoms with Crippen LogP contribution in [-0.2, 0) is 0 Å². The van der Waals surface area contributed by atoms with Gasteiger partial charge in [0.2, 0.25) is 0 Å². The fraction of sp³-hybridized carbons (Fsp3) is 0.600. The van der Waals surface area contributed by atoms with Crippen LogP contribution in [0.25, 0.3) is 0 Å². The number of benzene rings is 1. The second-order valence-electron chi connectivity index (χ2n) is 5.00. The molecule has 0 aliphatic carbocycles. The van der Waals surface area contributed by atoms with Crippen LogP contribution < -0.4 is 0 Å². The maximum absolute atomic E-state index is 13.6. The average molecular weight is 351 g/mol. The monoisotopic (exact) mass is 350 g/mol. The largest absolute Gasteiger partial charge is 0.207 e. The van der Waals surface area contributed by atoms with Crippen molar-refractivity contribution in [3.8, 4) is 0 Å². The minimum Gasteiger partial charge on any atom is -0.207 e. The molecular weight excluding hydrogens is 330 g/mol. The van der Waals surface area contributed by atoms with Crippen LogP contribution in [0, 0.1) is 17.0 Å². The molecular formula is C15H21BrF2S. The van der Waals surface area contributed by atoms with Crippen LogP contribution >= 0.6 is 27.7 Å². The van der Waals surface area contributed by atoms with Crippen molar-refractivity contribution in [1.82, 2.24) is 0 Å². The Morgan fingerprint density at radius 3 is 2.32 bits per heavy atom. The molecule has 1 aromatic carbocycles. The predicted molar refractivity (Wildman–Crippen MR) is 83.1 cm³/mol. The summed E-state index contributed by atoms with van der Waals surface area (Å²) in [6.07, 6.45) is 4.43. The molecule has 0 aliphatic rings. The van der Waals surface area contributed by atoms with E-state index in [0.29, 0.717) is 4.90 Å². The van der Waals surface area contributed by atoms with Crippen molar-refractivity contribution in [3.63, 3.8) is 0 Å². The van der Waals surface area contributed by atoms with E-state index in [1.165, 1.54) is 23.9 Å². The quantitative estimate of drug-likeness (QED) is 0.406. The highest BCUT2D eigenvalue weighted by Gasteiger charge is 2.27. The SMILES string of the molecule is CCCC(CBr)(CCC)CSc1cc(F)ccc1F. The summed E-state index contributed by atoms with van der Waals surface area (Å²) in [7, 11) is 0. The van der Waals surface area contributed by atoms with Crippen LogP contribution in [0.1, 0.15) is 39.5 Å². The summed E-state index contributed by atoms with van der Waals surface area (Å²) in [4.78, 5) is 0.414. The van der Waals surface area contributed by atoms with Gasteiger partial charge in [0.25, 0.3) is 0 Å². The first-order chi connectivity index (χ1) is 9.06. The minimum absolute atomic E-state index is 0.174. The molecule has 0 bridgehead atoms. The zero-order valence-electron chi connectivity index (χ0n) is 11.5. The van der Waals surface area contributed by atoms with Crippen LogP contribution in [0.2, 0.25) is 0 Å². The van der Waals surface area contributed by atoms with Crippen LogP contribution in [0.15, 0.2) is 23.1 Å². The Kier molecular flexibility index (Phi) is 7.37. The van der Waals surface area contributed by atoms with E-state index in [1.807, 2.05) is 0 Å². The van der Waals surface area contributed by atoms with E-state index in [4.69, 9.17) is 0 Å². The Balaban J connectivity index is 2.77. The molecule has 0 saturated heterocycles. The van der Waals surface area contributed by atoms with Gasteiger partial charge in [-0.2, -0.15) is 0 Å². The Morgan fingerprint density at radius 1 is 1.16 bits per heavy atom. The summed E-state index contributed by atoms with van der Waals surface area (Å²) in [5.74, 6) is 0.113. The van der Waals surface area contributed by atoms with Gasteiger partial charge in [-0.15, -0.1) is 11.8 Å². The van der Waals surface area contributed by atoms with E-state index in [2.05, 4.69) is 29.8 Å². The summed E-state index contributed by atoms with van der Waals surface area (Å²) >= 11 is 5.03. The van der Waals surface area contributed by atoms with Gasteiger partial charge in [0.1, 0.15) is 11.6 Å². The van der Waals surface area contributed by atoms with Gasteiger partial charge in [-0.1, -0.05) is 42.6 Å². The van der Waals surface area contributed by atoms with E-state index in [9.17, 15) is 8.78 Å². The normalized spacial score (nSPS) is 11.8. The van der Waals surface area contributed by atoms with Crippen molar-refractivity contribution >= 4 is 27.7 Å². The molecule has 19 heavy (non-hydrogen) atoms. The Hall–Kier alpha value is -0.0900. The summed E-state index contributed by atoms with van der Waals surface area (Å²) in [5.41, 5.74) is 0.174. The first-order valence-electron chi connectivity index (χ1n) is 6.70. The molecule has 108 valence electrons. The maximum Gasteiger partial charge on any atom is 0.136 e. The highest BCUT2D eigenvalue weighted by atomic mass is 79.9. The molecule has 0 nitrogen and oxygen atoms in total. The number of alkyl halides is 1. The van der Waals surface area contributed by atoms with Crippen molar-refractivity contribution in [2.75, 3.05) is 11.1 Å². The molecule has 0 radical (unpaired) electrons. The topological polar surface area (TPSA) is 0 Å². The van der Waals surface area contributed by atoms with E-state index >= 15 is 0 Å². The second-order valence-corrected chi connectivity index (χ2v) is 6.57. The lowest BCUT2D eigenvalue weighted by molar-refractivity contribution is 0.320. The first kappa shape index (κ1) is 17.0. The van der Waals surface area contributed by atoms with E-state index < -0.39 is 0 Å². The number of halogens is 3. The zero-order chi connectivity index (χ0) is 14.3. The summed E-state index contributed by atoms with van der Waals surface area (Å²) in [6, 6.07) is 3.65. The van der Waals surface area contributed by atoms with Crippen LogP contribution in [0.5, 0.6) is 0 Å². The number of hydrogen-bond acceptors (Lipinski definition) is 1. The molecule has 0 unspecified atom stereocenters. The van der Waals surface area contributed by atoms with E-state index in [1.54, 1.807) is 0 Å². The molecule has 0 heterocycles. The first-order valence-corrected chi connectivity index (χ1v) is 8.81. The summed E-state index contributed by atoms with van der Waals surface area (Å²) < 4.78 is 26.8. The van der Waals surface area contributed by atoms with Gasteiger partial charge < -0.3 is 0 Å². The Labute approximate surface area is 127 Å². The summed E-state index contributed by atoms with van der Waals surface area (Å²) in [6.45, 7) is 4.33. The molecule has 4 heteroatoms. The predicted octanol–water partition coefficient (Wildman–Crippen LogP) is 6.04. The number of thioether (sulfide) groups is 1. The molecule has 0 saturated carbocycles. The fourth-order valence-corrected chi connectivity index (χ4v) is 4.60. The molecule has 0 atom stereocenters. The molecule has 1 rings (SSSR count). The van der Waals surface area contributed by atoms with Gasteiger partial charge in [0.05, 0.1) is 0 Å². The van der Waals surface area contributed by atoms with E-state index in [0.717, 1.165) is 42.8 Å². The van der Waals surface area contributed by atoms with Gasteiger partial charge in [-0.05, 0) is 36.5 Å². The smallest absolute Gasteiger partial charge is 0.136 e. The molecule has 0 N–H and O–H groups in total. The zero-order valence-corrected chi connectivity index (χ0v) is 13.9. The van der Waals surface area contributed by atoms with Gasteiger partial charge in [-0.25, -0.2) is 8.78 Å². The molecule has 0 spiro atoms. The molecule has 0 aliphatic heterocycles. The Bertz CT molecular complexity index is 390. The second kappa shape index (κ2) is 8.25. The highest BCUT2D eigenvalue weighted by molar-refractivity contribution is 9.09. The van der Waals surface area contributed by atoms with Crippen molar-refractivity contribution in [2.24, 2.45) is 5.41 Å². The fourth-order valence-electron chi connectivity index (χ4n) is 2.32. The molecule has 0 fully saturated rings. The highest BCUT2D eigenvalue weighted by Crippen LogP contribution is 2.38. The minimum atomic E-state index is -0.376. The average Bonchev–Trinajstić information content (AvgIpc) is 2.40. The third-order valence-corrected chi connectivity index (χ3v) is 5.84. The van der Waals surface area contributed by atoms with Crippen molar-refractivity contribution in [2.45, 2.75) is 44.4 Å². The van der Waals surface area contributed by atoms with Crippen LogP contribution in [0.4, 0.5) is 8.78 Å². The third-order valence-electron chi connectivity index (χ3n) is 3.27. The molecule has 0 amide bonds. The standard InChI is InChI=1S/C15H21BrF2S/c1-3-7-15(10-16,8-4-2)11-19-14-9-12(17)5-6-13(14)18/h5-6,9H,3-4,7-8,10-11H2,1-2H3. The van der Waals surface area contributed by atoms with Gasteiger partial charge in [0.15, 0.2) is 0 Å². The lowest BCUT2D eigenvalue weighted by Gasteiger charge is -2.31. The van der Waals surface area contributed by atoms with Gasteiger partial charge in [0, 0.05) is 16.0 Å². The van der Waals surface area contributed by atoms with E-state index in [-0.39, 0.29) is 17.0 Å².